The lowest BCUT2D eigenvalue weighted by atomic mass is 9.97. The number of aryl methyl sites for hydroxylation is 1. The average Bonchev–Trinajstić information content (AvgIpc) is 2.95. The van der Waals surface area contributed by atoms with Crippen LogP contribution in [0.15, 0.2) is 17.3 Å². The topological polar surface area (TPSA) is 55.2 Å². The predicted molar refractivity (Wildman–Crippen MR) is 72.2 cm³/mol. The molecule has 1 aromatic heterocycles. The Balaban J connectivity index is 1.80. The van der Waals surface area contributed by atoms with Crippen molar-refractivity contribution in [2.24, 2.45) is 5.41 Å². The monoisotopic (exact) mass is 283 g/mol. The Hall–Kier alpha value is -0.880. The number of nitrogens with zero attached hydrogens (tertiary/aromatic N) is 3. The predicted octanol–water partition coefficient (Wildman–Crippen LogP) is 1.86. The maximum atomic E-state index is 12.6. The minimum absolute atomic E-state index is 0.310. The standard InChI is InChI=1S/C13H21N3O2S/c1-2-7-15-10-12(9-14-15)19(17,18)16-8-3-4-13(11-16)5-6-13/h9-10H,2-8,11H2,1H3. The molecule has 0 amide bonds. The summed E-state index contributed by atoms with van der Waals surface area (Å²) in [6.45, 7) is 4.17. The summed E-state index contributed by atoms with van der Waals surface area (Å²) < 4.78 is 28.6. The first-order valence-electron chi connectivity index (χ1n) is 7.08. The molecule has 1 aliphatic heterocycles. The third kappa shape index (κ3) is 2.43. The molecule has 0 aromatic carbocycles. The van der Waals surface area contributed by atoms with E-state index in [1.807, 2.05) is 0 Å². The van der Waals surface area contributed by atoms with Gasteiger partial charge in [0.2, 0.25) is 10.0 Å². The molecule has 0 radical (unpaired) electrons. The number of piperidine rings is 1. The first-order valence-corrected chi connectivity index (χ1v) is 8.52. The smallest absolute Gasteiger partial charge is 0.246 e. The molecular weight excluding hydrogens is 262 g/mol. The average molecular weight is 283 g/mol. The van der Waals surface area contributed by atoms with Crippen molar-refractivity contribution in [2.45, 2.75) is 50.5 Å². The normalized spacial score (nSPS) is 22.8. The van der Waals surface area contributed by atoms with Gasteiger partial charge in [0.15, 0.2) is 0 Å². The van der Waals surface area contributed by atoms with Gasteiger partial charge >= 0.3 is 0 Å². The molecule has 6 heteroatoms. The molecular formula is C13H21N3O2S. The van der Waals surface area contributed by atoms with Crippen molar-refractivity contribution in [2.75, 3.05) is 13.1 Å². The fourth-order valence-electron chi connectivity index (χ4n) is 2.93. The molecule has 2 aliphatic rings. The van der Waals surface area contributed by atoms with Crippen molar-refractivity contribution < 1.29 is 8.42 Å². The Kier molecular flexibility index (Phi) is 3.17. The van der Waals surface area contributed by atoms with Crippen LogP contribution in [0.25, 0.3) is 0 Å². The summed E-state index contributed by atoms with van der Waals surface area (Å²) in [6.07, 6.45) is 8.65. The van der Waals surface area contributed by atoms with Gasteiger partial charge in [0.25, 0.3) is 0 Å². The van der Waals surface area contributed by atoms with E-state index in [0.29, 0.717) is 23.4 Å². The Labute approximate surface area is 114 Å². The van der Waals surface area contributed by atoms with E-state index in [0.717, 1.165) is 19.4 Å². The lowest BCUT2D eigenvalue weighted by Crippen LogP contribution is -2.40. The van der Waals surface area contributed by atoms with Crippen LogP contribution in [-0.4, -0.2) is 35.6 Å². The van der Waals surface area contributed by atoms with Gasteiger partial charge in [0.05, 0.1) is 6.20 Å². The fraction of sp³-hybridized carbons (Fsp3) is 0.769. The minimum Gasteiger partial charge on any atom is -0.271 e. The molecule has 106 valence electrons. The molecule has 3 rings (SSSR count). The molecule has 1 aliphatic carbocycles. The number of rotatable bonds is 4. The first kappa shape index (κ1) is 13.1. The zero-order valence-electron chi connectivity index (χ0n) is 11.4. The van der Waals surface area contributed by atoms with E-state index >= 15 is 0 Å². The quantitative estimate of drug-likeness (QED) is 0.847. The summed E-state index contributed by atoms with van der Waals surface area (Å²) in [5.74, 6) is 0. The van der Waals surface area contributed by atoms with Crippen LogP contribution in [0.4, 0.5) is 0 Å². The number of aromatic nitrogens is 2. The zero-order chi connectivity index (χ0) is 13.5. The minimum atomic E-state index is -3.34. The van der Waals surface area contributed by atoms with Crippen LogP contribution in [0.2, 0.25) is 0 Å². The Morgan fingerprint density at radius 2 is 2.16 bits per heavy atom. The highest BCUT2D eigenvalue weighted by atomic mass is 32.2. The third-order valence-corrected chi connectivity index (χ3v) is 6.08. The van der Waals surface area contributed by atoms with Gasteiger partial charge in [-0.15, -0.1) is 0 Å². The van der Waals surface area contributed by atoms with Gasteiger partial charge < -0.3 is 0 Å². The van der Waals surface area contributed by atoms with Crippen LogP contribution in [-0.2, 0) is 16.6 Å². The van der Waals surface area contributed by atoms with E-state index in [9.17, 15) is 8.42 Å². The molecule has 0 N–H and O–H groups in total. The van der Waals surface area contributed by atoms with Crippen molar-refractivity contribution >= 4 is 10.0 Å². The van der Waals surface area contributed by atoms with Gasteiger partial charge in [-0.2, -0.15) is 9.40 Å². The highest BCUT2D eigenvalue weighted by Crippen LogP contribution is 2.52. The Morgan fingerprint density at radius 1 is 1.37 bits per heavy atom. The fourth-order valence-corrected chi connectivity index (χ4v) is 4.48. The maximum Gasteiger partial charge on any atom is 0.246 e. The molecule has 1 aromatic rings. The molecule has 19 heavy (non-hydrogen) atoms. The van der Waals surface area contributed by atoms with Crippen molar-refractivity contribution in [3.8, 4) is 0 Å². The number of hydrogen-bond acceptors (Lipinski definition) is 3. The van der Waals surface area contributed by atoms with Gasteiger partial charge in [-0.25, -0.2) is 8.42 Å². The van der Waals surface area contributed by atoms with Gasteiger partial charge in [-0.1, -0.05) is 6.92 Å². The van der Waals surface area contributed by atoms with Crippen LogP contribution < -0.4 is 0 Å². The van der Waals surface area contributed by atoms with Crippen molar-refractivity contribution in [3.05, 3.63) is 12.4 Å². The summed E-state index contributed by atoms with van der Waals surface area (Å²) in [7, 11) is -3.34. The SMILES string of the molecule is CCCn1cc(S(=O)(=O)N2CCCC3(CC3)C2)cn1. The molecule has 1 saturated carbocycles. The second-order valence-corrected chi connectivity index (χ2v) is 7.82. The molecule has 0 atom stereocenters. The molecule has 1 saturated heterocycles. The molecule has 0 bridgehead atoms. The largest absolute Gasteiger partial charge is 0.271 e. The van der Waals surface area contributed by atoms with E-state index in [1.54, 1.807) is 15.2 Å². The van der Waals surface area contributed by atoms with Gasteiger partial charge in [-0.05, 0) is 37.5 Å². The van der Waals surface area contributed by atoms with E-state index in [4.69, 9.17) is 0 Å². The van der Waals surface area contributed by atoms with Crippen LogP contribution in [0, 0.1) is 5.41 Å². The molecule has 0 unspecified atom stereocenters. The van der Waals surface area contributed by atoms with Gasteiger partial charge in [0.1, 0.15) is 4.90 Å². The molecule has 2 heterocycles. The van der Waals surface area contributed by atoms with Crippen molar-refractivity contribution in [1.82, 2.24) is 14.1 Å². The summed E-state index contributed by atoms with van der Waals surface area (Å²) in [5.41, 5.74) is 0.310. The first-order chi connectivity index (χ1) is 9.06. The van der Waals surface area contributed by atoms with Crippen molar-refractivity contribution in [1.29, 1.82) is 0 Å². The maximum absolute atomic E-state index is 12.6. The summed E-state index contributed by atoms with van der Waals surface area (Å²) >= 11 is 0. The van der Waals surface area contributed by atoms with Crippen molar-refractivity contribution in [3.63, 3.8) is 0 Å². The Morgan fingerprint density at radius 3 is 2.84 bits per heavy atom. The van der Waals surface area contributed by atoms with E-state index in [-0.39, 0.29) is 0 Å². The van der Waals surface area contributed by atoms with Crippen LogP contribution in [0.3, 0.4) is 0 Å². The molecule has 1 spiro atoms. The second kappa shape index (κ2) is 4.59. The third-order valence-electron chi connectivity index (χ3n) is 4.28. The van der Waals surface area contributed by atoms with E-state index in [2.05, 4.69) is 12.0 Å². The number of sulfonamides is 1. The van der Waals surface area contributed by atoms with E-state index in [1.165, 1.54) is 25.5 Å². The highest BCUT2D eigenvalue weighted by molar-refractivity contribution is 7.89. The van der Waals surface area contributed by atoms with Gasteiger partial charge in [-0.3, -0.25) is 4.68 Å². The Bertz CT molecular complexity index is 560. The highest BCUT2D eigenvalue weighted by Gasteiger charge is 2.48. The van der Waals surface area contributed by atoms with Crippen LogP contribution in [0.5, 0.6) is 0 Å². The zero-order valence-corrected chi connectivity index (χ0v) is 12.2. The lowest BCUT2D eigenvalue weighted by Gasteiger charge is -2.31. The lowest BCUT2D eigenvalue weighted by molar-refractivity contribution is 0.249. The molecule has 5 nitrogen and oxygen atoms in total. The molecule has 2 fully saturated rings. The van der Waals surface area contributed by atoms with Gasteiger partial charge in [0, 0.05) is 25.8 Å². The summed E-state index contributed by atoms with van der Waals surface area (Å²) in [6, 6.07) is 0. The van der Waals surface area contributed by atoms with Crippen LogP contribution >= 0.6 is 0 Å². The summed E-state index contributed by atoms with van der Waals surface area (Å²) in [4.78, 5) is 0.346. The van der Waals surface area contributed by atoms with E-state index < -0.39 is 10.0 Å². The summed E-state index contributed by atoms with van der Waals surface area (Å²) in [5, 5.41) is 4.13. The van der Waals surface area contributed by atoms with Crippen LogP contribution in [0.1, 0.15) is 39.0 Å². The second-order valence-electron chi connectivity index (χ2n) is 5.88. The number of hydrogen-bond donors (Lipinski definition) is 0.